The maximum Gasteiger partial charge on any atom is 0.416 e. The van der Waals surface area contributed by atoms with Gasteiger partial charge in [-0.3, -0.25) is 5.10 Å². The number of hydrogen-bond donors (Lipinski definition) is 3. The number of aromatic amines is 1. The average molecular weight is 477 g/mol. The van der Waals surface area contributed by atoms with E-state index in [1.165, 1.54) is 24.4 Å². The van der Waals surface area contributed by atoms with Crippen molar-refractivity contribution in [3.8, 4) is 0 Å². The van der Waals surface area contributed by atoms with Gasteiger partial charge in [0.2, 0.25) is 16.0 Å². The summed E-state index contributed by atoms with van der Waals surface area (Å²) in [6, 6.07) is 9.43. The van der Waals surface area contributed by atoms with Crippen LogP contribution in [-0.4, -0.2) is 35.6 Å². The van der Waals surface area contributed by atoms with Crippen LogP contribution in [0.3, 0.4) is 0 Å². The Morgan fingerprint density at radius 1 is 1.12 bits per heavy atom. The van der Waals surface area contributed by atoms with E-state index in [0.717, 1.165) is 12.1 Å². The largest absolute Gasteiger partial charge is 0.416 e. The van der Waals surface area contributed by atoms with Gasteiger partial charge in [0.05, 0.1) is 16.0 Å². The SMILES string of the molecule is Cc1cc(Nc2nccc(N(C)c3n[nH]c4cc(C(F)(F)F)ccc34)n2)cc(S(N)(=O)=O)c1. The minimum atomic E-state index is -4.46. The number of aryl methyl sites for hydroxylation is 1. The molecule has 4 aromatic rings. The van der Waals surface area contributed by atoms with Crippen LogP contribution in [0.4, 0.5) is 36.4 Å². The second kappa shape index (κ2) is 8.01. The lowest BCUT2D eigenvalue weighted by molar-refractivity contribution is -0.137. The number of fused-ring (bicyclic) bond motifs is 1. The van der Waals surface area contributed by atoms with Gasteiger partial charge in [-0.25, -0.2) is 18.5 Å². The standard InChI is InChI=1S/C20H18F3N7O2S/c1-11-7-13(10-14(8-11)33(24,31)32)26-19-25-6-5-17(27-19)30(2)18-15-4-3-12(20(21,22)23)9-16(15)28-29-18/h3-10H,1-2H3,(H,28,29)(H2,24,31,32)(H,25,26,27). The third kappa shape index (κ3) is 4.73. The maximum atomic E-state index is 13.0. The predicted molar refractivity (Wildman–Crippen MR) is 117 cm³/mol. The number of sulfonamides is 1. The van der Waals surface area contributed by atoms with E-state index in [-0.39, 0.29) is 16.4 Å². The first-order chi connectivity index (χ1) is 15.4. The first-order valence-electron chi connectivity index (χ1n) is 9.45. The number of benzene rings is 2. The molecule has 4 N–H and O–H groups in total. The number of aromatic nitrogens is 4. The van der Waals surface area contributed by atoms with Gasteiger partial charge in [-0.05, 0) is 55.0 Å². The number of hydrogen-bond acceptors (Lipinski definition) is 7. The third-order valence-corrected chi connectivity index (χ3v) is 5.70. The number of primary sulfonamides is 1. The molecule has 0 bridgehead atoms. The van der Waals surface area contributed by atoms with E-state index in [1.54, 1.807) is 31.0 Å². The van der Waals surface area contributed by atoms with Crippen LogP contribution in [0.2, 0.25) is 0 Å². The van der Waals surface area contributed by atoms with Gasteiger partial charge < -0.3 is 10.2 Å². The molecule has 2 heterocycles. The van der Waals surface area contributed by atoms with Gasteiger partial charge in [0, 0.05) is 24.3 Å². The molecule has 33 heavy (non-hydrogen) atoms. The van der Waals surface area contributed by atoms with Gasteiger partial charge in [0.15, 0.2) is 5.82 Å². The first-order valence-corrected chi connectivity index (χ1v) is 11.0. The van der Waals surface area contributed by atoms with Crippen LogP contribution in [0.1, 0.15) is 11.1 Å². The van der Waals surface area contributed by atoms with Gasteiger partial charge in [0.25, 0.3) is 0 Å². The van der Waals surface area contributed by atoms with Crippen LogP contribution in [0.5, 0.6) is 0 Å². The third-order valence-electron chi connectivity index (χ3n) is 4.81. The molecule has 0 saturated heterocycles. The fraction of sp³-hybridized carbons (Fsp3) is 0.150. The van der Waals surface area contributed by atoms with Crippen molar-refractivity contribution in [3.05, 3.63) is 59.8 Å². The molecule has 172 valence electrons. The summed E-state index contributed by atoms with van der Waals surface area (Å²) in [4.78, 5) is 10.1. The van der Waals surface area contributed by atoms with Gasteiger partial charge in [-0.15, -0.1) is 0 Å². The van der Waals surface area contributed by atoms with Crippen molar-refractivity contribution in [3.63, 3.8) is 0 Å². The van der Waals surface area contributed by atoms with E-state index in [2.05, 4.69) is 25.5 Å². The summed E-state index contributed by atoms with van der Waals surface area (Å²) in [7, 11) is -2.24. The highest BCUT2D eigenvalue weighted by molar-refractivity contribution is 7.89. The van der Waals surface area contributed by atoms with Crippen molar-refractivity contribution in [2.75, 3.05) is 17.3 Å². The second-order valence-corrected chi connectivity index (χ2v) is 8.87. The van der Waals surface area contributed by atoms with E-state index in [9.17, 15) is 21.6 Å². The summed E-state index contributed by atoms with van der Waals surface area (Å²) >= 11 is 0. The number of rotatable bonds is 5. The Labute approximate surface area is 186 Å². The zero-order chi connectivity index (χ0) is 24.0. The lowest BCUT2D eigenvalue weighted by Gasteiger charge is -2.17. The molecule has 13 heteroatoms. The van der Waals surface area contributed by atoms with Crippen molar-refractivity contribution >= 4 is 44.2 Å². The number of nitrogens with zero attached hydrogens (tertiary/aromatic N) is 4. The molecule has 0 amide bonds. The monoisotopic (exact) mass is 477 g/mol. The van der Waals surface area contributed by atoms with Crippen LogP contribution < -0.4 is 15.4 Å². The number of alkyl halides is 3. The second-order valence-electron chi connectivity index (χ2n) is 7.31. The fourth-order valence-electron chi connectivity index (χ4n) is 3.26. The van der Waals surface area contributed by atoms with E-state index in [1.807, 2.05) is 0 Å². The lowest BCUT2D eigenvalue weighted by atomic mass is 10.1. The zero-order valence-corrected chi connectivity index (χ0v) is 18.2. The number of nitrogens with one attached hydrogen (secondary N) is 2. The molecule has 4 rings (SSSR count). The topological polar surface area (TPSA) is 130 Å². The van der Waals surface area contributed by atoms with E-state index in [4.69, 9.17) is 5.14 Å². The van der Waals surface area contributed by atoms with Crippen LogP contribution in [0, 0.1) is 6.92 Å². The molecule has 2 aromatic heterocycles. The Morgan fingerprint density at radius 3 is 2.58 bits per heavy atom. The Kier molecular flexibility index (Phi) is 5.46. The van der Waals surface area contributed by atoms with Crippen LogP contribution in [0.15, 0.2) is 53.6 Å². The van der Waals surface area contributed by atoms with E-state index in [0.29, 0.717) is 28.3 Å². The summed E-state index contributed by atoms with van der Waals surface area (Å²) in [6.45, 7) is 1.72. The summed E-state index contributed by atoms with van der Waals surface area (Å²) < 4.78 is 62.3. The summed E-state index contributed by atoms with van der Waals surface area (Å²) in [5.41, 5.74) is 0.537. The van der Waals surface area contributed by atoms with Crippen molar-refractivity contribution in [1.29, 1.82) is 0 Å². The highest BCUT2D eigenvalue weighted by atomic mass is 32.2. The zero-order valence-electron chi connectivity index (χ0n) is 17.3. The molecular formula is C20H18F3N7O2S. The quantitative estimate of drug-likeness (QED) is 0.398. The molecule has 0 unspecified atom stereocenters. The number of nitrogens with two attached hydrogens (primary N) is 1. The number of anilines is 4. The highest BCUT2D eigenvalue weighted by Gasteiger charge is 2.31. The minimum absolute atomic E-state index is 0.0560. The molecule has 0 aliphatic carbocycles. The smallest absolute Gasteiger partial charge is 0.324 e. The number of H-pyrrole nitrogens is 1. The Balaban J connectivity index is 1.64. The van der Waals surface area contributed by atoms with Crippen molar-refractivity contribution in [2.45, 2.75) is 18.0 Å². The van der Waals surface area contributed by atoms with Gasteiger partial charge in [-0.1, -0.05) is 0 Å². The van der Waals surface area contributed by atoms with Gasteiger partial charge in [-0.2, -0.15) is 23.3 Å². The molecule has 0 saturated carbocycles. The van der Waals surface area contributed by atoms with Crippen LogP contribution in [-0.2, 0) is 16.2 Å². The fourth-order valence-corrected chi connectivity index (χ4v) is 3.90. The molecule has 0 atom stereocenters. The Morgan fingerprint density at radius 2 is 1.88 bits per heavy atom. The maximum absolute atomic E-state index is 13.0. The van der Waals surface area contributed by atoms with Crippen LogP contribution in [0.25, 0.3) is 10.9 Å². The minimum Gasteiger partial charge on any atom is -0.324 e. The molecule has 9 nitrogen and oxygen atoms in total. The van der Waals surface area contributed by atoms with E-state index < -0.39 is 21.8 Å². The van der Waals surface area contributed by atoms with Gasteiger partial charge >= 0.3 is 6.18 Å². The molecule has 0 fully saturated rings. The first kappa shape index (κ1) is 22.5. The van der Waals surface area contributed by atoms with Crippen LogP contribution >= 0.6 is 0 Å². The molecule has 0 spiro atoms. The Bertz CT molecular complexity index is 1450. The average Bonchev–Trinajstić information content (AvgIpc) is 3.15. The van der Waals surface area contributed by atoms with Crippen molar-refractivity contribution in [1.82, 2.24) is 20.2 Å². The molecule has 2 aromatic carbocycles. The Hall–Kier alpha value is -3.71. The summed E-state index contributed by atoms with van der Waals surface area (Å²) in [5, 5.41) is 15.4. The van der Waals surface area contributed by atoms with Gasteiger partial charge in [0.1, 0.15) is 5.82 Å². The van der Waals surface area contributed by atoms with E-state index >= 15 is 0 Å². The normalized spacial score (nSPS) is 12.2. The molecule has 0 radical (unpaired) electrons. The summed E-state index contributed by atoms with van der Waals surface area (Å²) in [6.07, 6.45) is -2.98. The van der Waals surface area contributed by atoms with Crippen molar-refractivity contribution in [2.24, 2.45) is 5.14 Å². The van der Waals surface area contributed by atoms with Crippen molar-refractivity contribution < 1.29 is 21.6 Å². The predicted octanol–water partition coefficient (Wildman–Crippen LogP) is 3.84. The number of halogens is 3. The molecule has 0 aliphatic heterocycles. The molecular weight excluding hydrogens is 459 g/mol. The highest BCUT2D eigenvalue weighted by Crippen LogP contribution is 2.34. The summed E-state index contributed by atoms with van der Waals surface area (Å²) in [5.74, 6) is 0.945. The molecule has 0 aliphatic rings. The lowest BCUT2D eigenvalue weighted by Crippen LogP contribution is -2.14.